The van der Waals surface area contributed by atoms with Crippen molar-refractivity contribution in [1.29, 1.82) is 0 Å². The van der Waals surface area contributed by atoms with E-state index in [4.69, 9.17) is 14.2 Å². The Bertz CT molecular complexity index is 1180. The van der Waals surface area contributed by atoms with Crippen molar-refractivity contribution in [2.45, 2.75) is 37.8 Å². The summed E-state index contributed by atoms with van der Waals surface area (Å²) < 4.78 is 29.8. The highest BCUT2D eigenvalue weighted by Gasteiger charge is 2.55. The molecule has 1 aromatic carbocycles. The summed E-state index contributed by atoms with van der Waals surface area (Å²) in [5, 5.41) is 27.6. The number of benzene rings is 1. The van der Waals surface area contributed by atoms with Crippen molar-refractivity contribution >= 4 is 11.4 Å². The lowest BCUT2D eigenvalue weighted by Crippen LogP contribution is -2.46. The molecule has 0 spiro atoms. The largest absolute Gasteiger partial charge is 0.493 e. The molecular weight excluding hydrogens is 477 g/mol. The number of nitrogens with one attached hydrogen (secondary N) is 2. The van der Waals surface area contributed by atoms with Crippen LogP contribution in [0.1, 0.15) is 19.3 Å². The fourth-order valence-corrected chi connectivity index (χ4v) is 4.15. The van der Waals surface area contributed by atoms with Gasteiger partial charge in [0.15, 0.2) is 11.5 Å². The van der Waals surface area contributed by atoms with E-state index in [1.165, 1.54) is 18.3 Å². The molecule has 3 aliphatic carbocycles. The smallest absolute Gasteiger partial charge is 0.162 e. The van der Waals surface area contributed by atoms with E-state index in [9.17, 15) is 14.6 Å². The monoisotopic (exact) mass is 509 g/mol. The van der Waals surface area contributed by atoms with Crippen molar-refractivity contribution in [3.8, 4) is 0 Å². The fraction of sp³-hybridized carbons (Fsp3) is 0.321. The van der Waals surface area contributed by atoms with Crippen molar-refractivity contribution < 1.29 is 28.8 Å². The minimum Gasteiger partial charge on any atom is -0.493 e. The van der Waals surface area contributed by atoms with Gasteiger partial charge in [-0.3, -0.25) is 4.99 Å². The zero-order chi connectivity index (χ0) is 26.4. The van der Waals surface area contributed by atoms with E-state index in [0.29, 0.717) is 47.8 Å². The van der Waals surface area contributed by atoms with Gasteiger partial charge in [0.1, 0.15) is 24.4 Å². The van der Waals surface area contributed by atoms with Crippen LogP contribution in [0.5, 0.6) is 0 Å². The number of halogens is 1. The molecule has 37 heavy (non-hydrogen) atoms. The number of aliphatic hydroxyl groups excluding tert-OH is 2. The first-order chi connectivity index (χ1) is 17.9. The van der Waals surface area contributed by atoms with E-state index >= 15 is 0 Å². The Morgan fingerprint density at radius 1 is 1.08 bits per heavy atom. The molecule has 0 bridgehead atoms. The molecule has 3 unspecified atom stereocenters. The van der Waals surface area contributed by atoms with Gasteiger partial charge in [0.2, 0.25) is 0 Å². The first kappa shape index (κ1) is 26.2. The molecule has 0 saturated heterocycles. The maximum atomic E-state index is 13.1. The third-order valence-corrected chi connectivity index (χ3v) is 6.56. The van der Waals surface area contributed by atoms with Gasteiger partial charge < -0.3 is 35.1 Å². The Hall–Kier alpha value is -3.82. The van der Waals surface area contributed by atoms with Gasteiger partial charge in [0.05, 0.1) is 31.6 Å². The van der Waals surface area contributed by atoms with E-state index in [1.807, 2.05) is 18.2 Å². The molecule has 4 N–H and O–H groups in total. The van der Waals surface area contributed by atoms with Gasteiger partial charge in [-0.25, -0.2) is 4.39 Å². The first-order valence-corrected chi connectivity index (χ1v) is 12.0. The molecule has 3 aliphatic rings. The van der Waals surface area contributed by atoms with Crippen LogP contribution in [-0.4, -0.2) is 48.7 Å². The fourth-order valence-electron chi connectivity index (χ4n) is 4.15. The van der Waals surface area contributed by atoms with Gasteiger partial charge >= 0.3 is 0 Å². The molecule has 1 saturated carbocycles. The molecule has 9 heteroatoms. The van der Waals surface area contributed by atoms with Crippen LogP contribution in [0.15, 0.2) is 101 Å². The van der Waals surface area contributed by atoms with E-state index in [-0.39, 0.29) is 11.9 Å². The lowest BCUT2D eigenvalue weighted by Gasteiger charge is -2.30. The van der Waals surface area contributed by atoms with Gasteiger partial charge in [-0.2, -0.15) is 0 Å². The number of aliphatic hydroxyl groups is 2. The maximum absolute atomic E-state index is 13.1. The van der Waals surface area contributed by atoms with Crippen molar-refractivity contribution in [3.05, 3.63) is 102 Å². The second kappa shape index (κ2) is 11.5. The molecular formula is C28H32FN3O5. The van der Waals surface area contributed by atoms with Crippen LogP contribution in [0.3, 0.4) is 0 Å². The molecule has 0 aliphatic heterocycles. The number of rotatable bonds is 11. The molecule has 0 heterocycles. The van der Waals surface area contributed by atoms with Gasteiger partial charge in [0, 0.05) is 35.7 Å². The zero-order valence-corrected chi connectivity index (χ0v) is 20.9. The van der Waals surface area contributed by atoms with Gasteiger partial charge in [-0.05, 0) is 55.3 Å². The van der Waals surface area contributed by atoms with E-state index < -0.39 is 17.9 Å². The molecule has 8 nitrogen and oxygen atoms in total. The predicted octanol–water partition coefficient (Wildman–Crippen LogP) is 4.02. The van der Waals surface area contributed by atoms with Crippen molar-refractivity contribution in [2.75, 3.05) is 19.5 Å². The van der Waals surface area contributed by atoms with Crippen molar-refractivity contribution in [1.82, 2.24) is 5.32 Å². The van der Waals surface area contributed by atoms with Gasteiger partial charge in [-0.15, -0.1) is 0 Å². The predicted molar refractivity (Wildman–Crippen MR) is 139 cm³/mol. The third-order valence-electron chi connectivity index (χ3n) is 6.56. The second-order valence-electron chi connectivity index (χ2n) is 8.96. The zero-order valence-electron chi connectivity index (χ0n) is 20.9. The molecule has 0 radical (unpaired) electrons. The van der Waals surface area contributed by atoms with Crippen LogP contribution >= 0.6 is 0 Å². The summed E-state index contributed by atoms with van der Waals surface area (Å²) in [6.45, 7) is 3.66. The molecule has 4 rings (SSSR count). The Kier molecular flexibility index (Phi) is 8.15. The summed E-state index contributed by atoms with van der Waals surface area (Å²) in [5.74, 6) is 0.765. The second-order valence-corrected chi connectivity index (χ2v) is 8.96. The Labute approximate surface area is 215 Å². The van der Waals surface area contributed by atoms with Crippen LogP contribution in [0, 0.1) is 11.2 Å². The number of hydrogen-bond donors (Lipinski definition) is 4. The lowest BCUT2D eigenvalue weighted by atomic mass is 10.0. The molecule has 0 aromatic heterocycles. The summed E-state index contributed by atoms with van der Waals surface area (Å²) in [4.78, 5) is 4.28. The quantitative estimate of drug-likeness (QED) is 0.264. The van der Waals surface area contributed by atoms with E-state index in [2.05, 4.69) is 22.2 Å². The van der Waals surface area contributed by atoms with Crippen LogP contribution in [-0.2, 0) is 14.2 Å². The molecule has 1 fully saturated rings. The van der Waals surface area contributed by atoms with Crippen LogP contribution in [0.2, 0.25) is 0 Å². The Morgan fingerprint density at radius 3 is 2.35 bits per heavy atom. The number of nitrogens with zero attached hydrogens (tertiary/aromatic N) is 1. The van der Waals surface area contributed by atoms with Gasteiger partial charge in [-0.1, -0.05) is 12.7 Å². The number of ether oxygens (including phenoxy) is 3. The summed E-state index contributed by atoms with van der Waals surface area (Å²) in [6.07, 6.45) is 12.0. The Morgan fingerprint density at radius 2 is 1.76 bits per heavy atom. The Balaban J connectivity index is 1.33. The van der Waals surface area contributed by atoms with Crippen molar-refractivity contribution in [3.63, 3.8) is 0 Å². The normalized spacial score (nSPS) is 23.8. The lowest BCUT2D eigenvalue weighted by molar-refractivity contribution is -0.00440. The number of methoxy groups -OCH3 is 2. The average Bonchev–Trinajstić information content (AvgIpc) is 3.72. The number of aliphatic imine (C=N–C) groups is 1. The third kappa shape index (κ3) is 6.12. The topological polar surface area (TPSA) is 105 Å². The molecule has 3 atom stereocenters. The van der Waals surface area contributed by atoms with E-state index in [1.54, 1.807) is 44.8 Å². The maximum Gasteiger partial charge on any atom is 0.162 e. The highest BCUT2D eigenvalue weighted by molar-refractivity contribution is 6.12. The van der Waals surface area contributed by atoms with Crippen LogP contribution in [0.4, 0.5) is 10.1 Å². The highest BCUT2D eigenvalue weighted by atomic mass is 19.1. The number of allylic oxidation sites excluding steroid dienone is 4. The summed E-state index contributed by atoms with van der Waals surface area (Å²) in [7, 11) is 3.12. The molecule has 196 valence electrons. The first-order valence-electron chi connectivity index (χ1n) is 12.0. The van der Waals surface area contributed by atoms with Crippen LogP contribution in [0.25, 0.3) is 0 Å². The van der Waals surface area contributed by atoms with Crippen molar-refractivity contribution in [2.24, 2.45) is 10.4 Å². The average molecular weight is 510 g/mol. The number of anilines is 1. The van der Waals surface area contributed by atoms with E-state index in [0.717, 1.165) is 5.70 Å². The summed E-state index contributed by atoms with van der Waals surface area (Å²) in [5.41, 5.74) is 1.94. The number of hydrogen-bond acceptors (Lipinski definition) is 8. The van der Waals surface area contributed by atoms with Crippen LogP contribution < -0.4 is 10.6 Å². The minimum atomic E-state index is -0.990. The summed E-state index contributed by atoms with van der Waals surface area (Å²) in [6, 6.07) is 5.73. The molecule has 1 aromatic rings. The van der Waals surface area contributed by atoms with Gasteiger partial charge in [0.25, 0.3) is 0 Å². The molecule has 0 amide bonds. The minimum absolute atomic E-state index is 0.215. The summed E-state index contributed by atoms with van der Waals surface area (Å²) >= 11 is 0. The highest BCUT2D eigenvalue weighted by Crippen LogP contribution is 2.51. The SMILES string of the molecule is C=CN=C1C=C(OC)C(OC)=C/C1=C\OC1C=CC(NC(O)C2(C(O)Nc3ccc(F)cc3)CC2)=CC1. The standard InChI is InChI=1S/C28H32FN3O5/c1-4-30-23-16-25(36-3)24(35-2)15-18(23)17-37-22-11-9-21(10-12-22)32-27(34)28(13-14-28)26(33)31-20-7-5-19(29)6-8-20/h4-11,15-17,22,26-27,31-34H,1,12-14H2,2-3H3/b18-17+,30-23?.